The maximum Gasteiger partial charge on any atom is 0.0863 e. The standard InChI is InChI=1S/C16H18N2/c1-3-13(2)17-15-11-7-8-12-16(15)18-14-9-5-4-6-10-14/h4-12,18H,3H2,1-2H3. The molecule has 0 fully saturated rings. The molecule has 0 atom stereocenters. The van der Waals surface area contributed by atoms with Gasteiger partial charge in [-0.3, -0.25) is 4.99 Å². The zero-order valence-electron chi connectivity index (χ0n) is 10.9. The van der Waals surface area contributed by atoms with Crippen LogP contribution in [0.1, 0.15) is 20.3 Å². The summed E-state index contributed by atoms with van der Waals surface area (Å²) in [4.78, 5) is 4.63. The summed E-state index contributed by atoms with van der Waals surface area (Å²) in [5, 5.41) is 3.39. The van der Waals surface area contributed by atoms with Crippen molar-refractivity contribution in [2.24, 2.45) is 4.99 Å². The van der Waals surface area contributed by atoms with Crippen LogP contribution in [0, 0.1) is 0 Å². The molecule has 2 rings (SSSR count). The third-order valence-electron chi connectivity index (χ3n) is 2.78. The molecule has 0 aliphatic rings. The van der Waals surface area contributed by atoms with Gasteiger partial charge in [0.1, 0.15) is 0 Å². The van der Waals surface area contributed by atoms with Gasteiger partial charge in [-0.15, -0.1) is 0 Å². The van der Waals surface area contributed by atoms with Crippen molar-refractivity contribution in [2.45, 2.75) is 20.3 Å². The van der Waals surface area contributed by atoms with Gasteiger partial charge in [0.25, 0.3) is 0 Å². The zero-order chi connectivity index (χ0) is 12.8. The Morgan fingerprint density at radius 3 is 2.39 bits per heavy atom. The minimum absolute atomic E-state index is 0.972. The van der Waals surface area contributed by atoms with E-state index in [1.165, 1.54) is 0 Å². The maximum absolute atomic E-state index is 4.63. The van der Waals surface area contributed by atoms with Crippen LogP contribution in [-0.2, 0) is 0 Å². The second kappa shape index (κ2) is 6.01. The van der Waals surface area contributed by atoms with Crippen molar-refractivity contribution < 1.29 is 0 Å². The van der Waals surface area contributed by atoms with Crippen LogP contribution in [0.3, 0.4) is 0 Å². The number of rotatable bonds is 4. The highest BCUT2D eigenvalue weighted by Crippen LogP contribution is 2.27. The smallest absolute Gasteiger partial charge is 0.0863 e. The predicted octanol–water partition coefficient (Wildman–Crippen LogP) is 4.93. The highest BCUT2D eigenvalue weighted by Gasteiger charge is 2.00. The topological polar surface area (TPSA) is 24.4 Å². The molecule has 0 spiro atoms. The number of aliphatic imine (C=N–C) groups is 1. The van der Waals surface area contributed by atoms with Crippen LogP contribution in [0.25, 0.3) is 0 Å². The van der Waals surface area contributed by atoms with Gasteiger partial charge in [-0.2, -0.15) is 0 Å². The molecule has 2 nitrogen and oxygen atoms in total. The fourth-order valence-corrected chi connectivity index (χ4v) is 1.64. The quantitative estimate of drug-likeness (QED) is 0.750. The van der Waals surface area contributed by atoms with Crippen molar-refractivity contribution in [3.05, 3.63) is 54.6 Å². The Kier molecular flexibility index (Phi) is 4.13. The van der Waals surface area contributed by atoms with Crippen molar-refractivity contribution in [3.8, 4) is 0 Å². The van der Waals surface area contributed by atoms with Gasteiger partial charge in [0.2, 0.25) is 0 Å². The molecule has 1 N–H and O–H groups in total. The SMILES string of the molecule is CCC(C)=Nc1ccccc1Nc1ccccc1. The summed E-state index contributed by atoms with van der Waals surface area (Å²) >= 11 is 0. The van der Waals surface area contributed by atoms with Crippen LogP contribution in [0.15, 0.2) is 59.6 Å². The molecule has 0 aromatic heterocycles. The van der Waals surface area contributed by atoms with Crippen molar-refractivity contribution in [2.75, 3.05) is 5.32 Å². The zero-order valence-corrected chi connectivity index (χ0v) is 10.9. The van der Waals surface area contributed by atoms with Crippen molar-refractivity contribution in [3.63, 3.8) is 0 Å². The van der Waals surface area contributed by atoms with Gasteiger partial charge < -0.3 is 5.32 Å². The molecule has 0 saturated carbocycles. The molecule has 2 heteroatoms. The van der Waals surface area contributed by atoms with E-state index in [9.17, 15) is 0 Å². The number of hydrogen-bond acceptors (Lipinski definition) is 2. The van der Waals surface area contributed by atoms with E-state index < -0.39 is 0 Å². The fraction of sp³-hybridized carbons (Fsp3) is 0.188. The Bertz CT molecular complexity index is 530. The molecule has 0 aliphatic carbocycles. The summed E-state index contributed by atoms with van der Waals surface area (Å²) in [6.07, 6.45) is 0.972. The molecule has 0 amide bonds. The highest BCUT2D eigenvalue weighted by atomic mass is 14.9. The summed E-state index contributed by atoms with van der Waals surface area (Å²) in [6.45, 7) is 4.17. The van der Waals surface area contributed by atoms with E-state index in [2.05, 4.69) is 30.2 Å². The van der Waals surface area contributed by atoms with E-state index in [4.69, 9.17) is 0 Å². The first-order chi connectivity index (χ1) is 8.79. The molecule has 0 saturated heterocycles. The van der Waals surface area contributed by atoms with Crippen LogP contribution in [0.2, 0.25) is 0 Å². The monoisotopic (exact) mass is 238 g/mol. The molecule has 18 heavy (non-hydrogen) atoms. The van der Waals surface area contributed by atoms with Crippen molar-refractivity contribution >= 4 is 22.8 Å². The summed E-state index contributed by atoms with van der Waals surface area (Å²) in [5.41, 5.74) is 4.24. The average Bonchev–Trinajstić information content (AvgIpc) is 2.42. The lowest BCUT2D eigenvalue weighted by Gasteiger charge is -2.09. The van der Waals surface area contributed by atoms with E-state index in [1.807, 2.05) is 48.5 Å². The van der Waals surface area contributed by atoms with E-state index >= 15 is 0 Å². The second-order valence-corrected chi connectivity index (χ2v) is 4.21. The van der Waals surface area contributed by atoms with Crippen LogP contribution in [0.5, 0.6) is 0 Å². The van der Waals surface area contributed by atoms with Crippen molar-refractivity contribution in [1.82, 2.24) is 0 Å². The van der Waals surface area contributed by atoms with Gasteiger partial charge in [-0.05, 0) is 37.6 Å². The Balaban J connectivity index is 2.28. The predicted molar refractivity (Wildman–Crippen MR) is 79.2 cm³/mol. The minimum atomic E-state index is 0.972. The molecule has 0 bridgehead atoms. The molecular formula is C16H18N2. The number of para-hydroxylation sites is 3. The summed E-state index contributed by atoms with van der Waals surface area (Å²) in [6, 6.07) is 18.3. The van der Waals surface area contributed by atoms with Gasteiger partial charge in [0, 0.05) is 11.4 Å². The molecule has 92 valence electrons. The molecule has 0 heterocycles. The molecular weight excluding hydrogens is 220 g/mol. The fourth-order valence-electron chi connectivity index (χ4n) is 1.64. The van der Waals surface area contributed by atoms with Gasteiger partial charge in [-0.1, -0.05) is 37.3 Å². The van der Waals surface area contributed by atoms with E-state index in [1.54, 1.807) is 0 Å². The van der Waals surface area contributed by atoms with E-state index in [0.717, 1.165) is 29.2 Å². The van der Waals surface area contributed by atoms with Crippen LogP contribution in [-0.4, -0.2) is 5.71 Å². The van der Waals surface area contributed by atoms with Gasteiger partial charge in [0.05, 0.1) is 11.4 Å². The second-order valence-electron chi connectivity index (χ2n) is 4.21. The Hall–Kier alpha value is -2.09. The molecule has 0 unspecified atom stereocenters. The number of anilines is 2. The lowest BCUT2D eigenvalue weighted by molar-refractivity contribution is 1.25. The number of nitrogens with one attached hydrogen (secondary N) is 1. The molecule has 0 radical (unpaired) electrons. The Morgan fingerprint density at radius 1 is 1.00 bits per heavy atom. The average molecular weight is 238 g/mol. The summed E-state index contributed by atoms with van der Waals surface area (Å²) in [5.74, 6) is 0. The largest absolute Gasteiger partial charge is 0.354 e. The van der Waals surface area contributed by atoms with Gasteiger partial charge >= 0.3 is 0 Å². The molecule has 2 aromatic carbocycles. The minimum Gasteiger partial charge on any atom is -0.354 e. The van der Waals surface area contributed by atoms with E-state index in [0.29, 0.717) is 0 Å². The maximum atomic E-state index is 4.63. The van der Waals surface area contributed by atoms with Crippen LogP contribution < -0.4 is 5.32 Å². The van der Waals surface area contributed by atoms with Gasteiger partial charge in [-0.25, -0.2) is 0 Å². The third-order valence-corrected chi connectivity index (χ3v) is 2.78. The normalized spacial score (nSPS) is 11.3. The van der Waals surface area contributed by atoms with Gasteiger partial charge in [0.15, 0.2) is 0 Å². The Labute approximate surface area is 108 Å². The lowest BCUT2D eigenvalue weighted by Crippen LogP contribution is -1.92. The summed E-state index contributed by atoms with van der Waals surface area (Å²) < 4.78 is 0. The van der Waals surface area contributed by atoms with E-state index in [-0.39, 0.29) is 0 Å². The third kappa shape index (κ3) is 3.20. The van der Waals surface area contributed by atoms with Crippen molar-refractivity contribution in [1.29, 1.82) is 0 Å². The molecule has 0 aliphatic heterocycles. The Morgan fingerprint density at radius 2 is 1.67 bits per heavy atom. The first-order valence-corrected chi connectivity index (χ1v) is 6.25. The first-order valence-electron chi connectivity index (χ1n) is 6.25. The number of benzene rings is 2. The van der Waals surface area contributed by atoms with Crippen LogP contribution >= 0.6 is 0 Å². The lowest BCUT2D eigenvalue weighted by atomic mass is 10.2. The summed E-state index contributed by atoms with van der Waals surface area (Å²) in [7, 11) is 0. The number of nitrogens with zero attached hydrogens (tertiary/aromatic N) is 1. The van der Waals surface area contributed by atoms with Crippen LogP contribution in [0.4, 0.5) is 17.1 Å². The molecule has 2 aromatic rings. The highest BCUT2D eigenvalue weighted by molar-refractivity contribution is 5.87. The number of hydrogen-bond donors (Lipinski definition) is 1. The first kappa shape index (κ1) is 12.4.